The van der Waals surface area contributed by atoms with Gasteiger partial charge in [-0.2, -0.15) is 0 Å². The number of pyridine rings is 1. The summed E-state index contributed by atoms with van der Waals surface area (Å²) in [6.45, 7) is 1.21. The highest BCUT2D eigenvalue weighted by Gasteiger charge is 2.30. The van der Waals surface area contributed by atoms with Crippen LogP contribution in [0.3, 0.4) is 0 Å². The fourth-order valence-corrected chi connectivity index (χ4v) is 2.43. The molecule has 1 aliphatic carbocycles. The first kappa shape index (κ1) is 11.5. The molecule has 3 aromatic heterocycles. The van der Waals surface area contributed by atoms with Crippen LogP contribution in [0.1, 0.15) is 18.9 Å². The molecule has 0 amide bonds. The predicted octanol–water partition coefficient (Wildman–Crippen LogP) is 0.983. The summed E-state index contributed by atoms with van der Waals surface area (Å²) in [7, 11) is 0. The Bertz CT molecular complexity index is 753. The summed E-state index contributed by atoms with van der Waals surface area (Å²) in [5.41, 5.74) is 8.15. The van der Waals surface area contributed by atoms with Crippen molar-refractivity contribution in [2.45, 2.75) is 25.4 Å². The lowest BCUT2D eigenvalue weighted by molar-refractivity contribution is 0.598. The molecule has 102 valence electrons. The lowest BCUT2D eigenvalue weighted by Gasteiger charge is -2.03. The van der Waals surface area contributed by atoms with Gasteiger partial charge in [-0.25, -0.2) is 9.97 Å². The van der Waals surface area contributed by atoms with Crippen LogP contribution in [-0.2, 0) is 6.54 Å². The van der Waals surface area contributed by atoms with Crippen molar-refractivity contribution in [1.29, 1.82) is 0 Å². The maximum atomic E-state index is 5.54. The third-order valence-corrected chi connectivity index (χ3v) is 3.49. The van der Waals surface area contributed by atoms with Gasteiger partial charge in [-0.3, -0.25) is 4.68 Å². The maximum Gasteiger partial charge on any atom is 0.164 e. The summed E-state index contributed by atoms with van der Waals surface area (Å²) < 4.78 is 3.94. The molecule has 1 fully saturated rings. The largest absolute Gasteiger partial charge is 0.329 e. The molecule has 2 N–H and O–H groups in total. The van der Waals surface area contributed by atoms with Gasteiger partial charge in [0.1, 0.15) is 11.2 Å². The zero-order valence-corrected chi connectivity index (χ0v) is 11.0. The second-order valence-corrected chi connectivity index (χ2v) is 5.04. The Hall–Kier alpha value is -2.28. The summed E-state index contributed by atoms with van der Waals surface area (Å²) in [6, 6.07) is 4.38. The van der Waals surface area contributed by atoms with E-state index in [0.717, 1.165) is 22.7 Å². The summed E-state index contributed by atoms with van der Waals surface area (Å²) in [4.78, 5) is 9.13. The molecule has 1 saturated carbocycles. The topological polar surface area (TPSA) is 87.4 Å². The van der Waals surface area contributed by atoms with E-state index in [9.17, 15) is 0 Å². The monoisotopic (exact) mass is 269 g/mol. The Morgan fingerprint density at radius 2 is 2.25 bits per heavy atom. The molecule has 0 saturated heterocycles. The van der Waals surface area contributed by atoms with Gasteiger partial charge in [-0.1, -0.05) is 5.21 Å². The fraction of sp³-hybridized carbons (Fsp3) is 0.385. The Labute approximate surface area is 115 Å². The molecule has 0 aromatic carbocycles. The first-order valence-electron chi connectivity index (χ1n) is 6.80. The molecule has 4 rings (SSSR count). The van der Waals surface area contributed by atoms with Gasteiger partial charge >= 0.3 is 0 Å². The quantitative estimate of drug-likeness (QED) is 0.763. The van der Waals surface area contributed by atoms with E-state index in [2.05, 4.69) is 24.8 Å². The molecule has 7 heteroatoms. The van der Waals surface area contributed by atoms with Crippen LogP contribution in [0.15, 0.2) is 24.5 Å². The van der Waals surface area contributed by atoms with Crippen LogP contribution in [0.25, 0.3) is 22.7 Å². The Morgan fingerprint density at radius 3 is 3.05 bits per heavy atom. The van der Waals surface area contributed by atoms with E-state index in [4.69, 9.17) is 5.73 Å². The molecule has 0 bridgehead atoms. The van der Waals surface area contributed by atoms with Gasteiger partial charge in [0.25, 0.3) is 0 Å². The Balaban J connectivity index is 1.87. The molecular formula is C13H15N7. The summed E-state index contributed by atoms with van der Waals surface area (Å²) in [5, 5.41) is 8.30. The number of nitrogens with zero attached hydrogens (tertiary/aromatic N) is 6. The Kier molecular flexibility index (Phi) is 2.53. The van der Waals surface area contributed by atoms with Gasteiger partial charge in [0.2, 0.25) is 0 Å². The lowest BCUT2D eigenvalue weighted by Crippen LogP contribution is -2.10. The van der Waals surface area contributed by atoms with Crippen LogP contribution in [0.5, 0.6) is 0 Å². The highest BCUT2D eigenvalue weighted by molar-refractivity contribution is 5.76. The van der Waals surface area contributed by atoms with Crippen molar-refractivity contribution >= 4 is 11.2 Å². The van der Waals surface area contributed by atoms with Gasteiger partial charge in [-0.15, -0.1) is 5.10 Å². The molecule has 3 heterocycles. The molecule has 20 heavy (non-hydrogen) atoms. The number of hydrogen-bond donors (Lipinski definition) is 1. The standard InChI is InChI=1S/C13H15N7/c14-5-7-19-8-11(17-18-19)13-16-10-2-1-6-15-12(10)20(13)9-3-4-9/h1-2,6,8-9H,3-5,7,14H2. The van der Waals surface area contributed by atoms with Gasteiger partial charge in [0.05, 0.1) is 12.7 Å². The molecule has 0 radical (unpaired) electrons. The fourth-order valence-electron chi connectivity index (χ4n) is 2.43. The van der Waals surface area contributed by atoms with Crippen LogP contribution in [0, 0.1) is 0 Å². The normalized spacial score (nSPS) is 15.1. The van der Waals surface area contributed by atoms with Crippen LogP contribution in [0.4, 0.5) is 0 Å². The molecule has 0 spiro atoms. The van der Waals surface area contributed by atoms with Crippen LogP contribution in [0.2, 0.25) is 0 Å². The average Bonchev–Trinajstić information content (AvgIpc) is 3.07. The molecule has 0 aliphatic heterocycles. The summed E-state index contributed by atoms with van der Waals surface area (Å²) in [5.74, 6) is 0.851. The maximum absolute atomic E-state index is 5.54. The van der Waals surface area contributed by atoms with Gasteiger partial charge < -0.3 is 10.3 Å². The number of hydrogen-bond acceptors (Lipinski definition) is 5. The number of fused-ring (bicyclic) bond motifs is 1. The van der Waals surface area contributed by atoms with Gasteiger partial charge in [0, 0.05) is 18.8 Å². The van der Waals surface area contributed by atoms with Crippen LogP contribution < -0.4 is 5.73 Å². The van der Waals surface area contributed by atoms with Crippen molar-refractivity contribution in [3.05, 3.63) is 24.5 Å². The van der Waals surface area contributed by atoms with Crippen molar-refractivity contribution in [2.24, 2.45) is 5.73 Å². The molecule has 7 nitrogen and oxygen atoms in total. The van der Waals surface area contributed by atoms with Crippen molar-refractivity contribution < 1.29 is 0 Å². The first-order valence-corrected chi connectivity index (χ1v) is 6.80. The molecular weight excluding hydrogens is 254 g/mol. The van der Waals surface area contributed by atoms with Crippen molar-refractivity contribution in [3.63, 3.8) is 0 Å². The van der Waals surface area contributed by atoms with E-state index in [-0.39, 0.29) is 0 Å². The first-order chi connectivity index (χ1) is 9.86. The number of rotatable bonds is 4. The van der Waals surface area contributed by atoms with E-state index in [1.54, 1.807) is 10.9 Å². The smallest absolute Gasteiger partial charge is 0.164 e. The predicted molar refractivity (Wildman–Crippen MR) is 73.9 cm³/mol. The zero-order chi connectivity index (χ0) is 13.5. The SMILES string of the molecule is NCCn1cc(-c2nc3cccnc3n2C2CC2)nn1. The van der Waals surface area contributed by atoms with Crippen LogP contribution >= 0.6 is 0 Å². The number of aromatic nitrogens is 6. The summed E-state index contributed by atoms with van der Waals surface area (Å²) >= 11 is 0. The van der Waals surface area contributed by atoms with E-state index in [1.165, 1.54) is 12.8 Å². The van der Waals surface area contributed by atoms with Gasteiger partial charge in [0.15, 0.2) is 11.5 Å². The second-order valence-electron chi connectivity index (χ2n) is 5.04. The van der Waals surface area contributed by atoms with Crippen LogP contribution in [-0.4, -0.2) is 36.1 Å². The minimum atomic E-state index is 0.490. The van der Waals surface area contributed by atoms with Gasteiger partial charge in [-0.05, 0) is 25.0 Å². The number of imidazole rings is 1. The van der Waals surface area contributed by atoms with E-state index < -0.39 is 0 Å². The third-order valence-electron chi connectivity index (χ3n) is 3.49. The number of nitrogens with two attached hydrogens (primary N) is 1. The second kappa shape index (κ2) is 4.38. The molecule has 0 atom stereocenters. The minimum Gasteiger partial charge on any atom is -0.329 e. The van der Waals surface area contributed by atoms with Crippen molar-refractivity contribution in [2.75, 3.05) is 6.54 Å². The summed E-state index contributed by atoms with van der Waals surface area (Å²) in [6.07, 6.45) is 6.04. The third kappa shape index (κ3) is 1.78. The average molecular weight is 269 g/mol. The van der Waals surface area contributed by atoms with E-state index >= 15 is 0 Å². The van der Waals surface area contributed by atoms with E-state index in [0.29, 0.717) is 19.1 Å². The van der Waals surface area contributed by atoms with E-state index in [1.807, 2.05) is 18.3 Å². The highest BCUT2D eigenvalue weighted by atomic mass is 15.4. The van der Waals surface area contributed by atoms with Crippen molar-refractivity contribution in [1.82, 2.24) is 29.5 Å². The molecule has 3 aromatic rings. The molecule has 0 unspecified atom stereocenters. The van der Waals surface area contributed by atoms with Crippen molar-refractivity contribution in [3.8, 4) is 11.5 Å². The lowest BCUT2D eigenvalue weighted by atomic mass is 10.4. The Morgan fingerprint density at radius 1 is 1.35 bits per heavy atom. The minimum absolute atomic E-state index is 0.490. The zero-order valence-electron chi connectivity index (χ0n) is 11.0. The highest BCUT2D eigenvalue weighted by Crippen LogP contribution is 2.40. The molecule has 1 aliphatic rings.